The lowest BCUT2D eigenvalue weighted by atomic mass is 9.96. The third-order valence-corrected chi connectivity index (χ3v) is 6.63. The summed E-state index contributed by atoms with van der Waals surface area (Å²) in [6.07, 6.45) is -0.218. The van der Waals surface area contributed by atoms with Crippen molar-refractivity contribution in [1.29, 1.82) is 5.41 Å². The van der Waals surface area contributed by atoms with Crippen LogP contribution in [0.25, 0.3) is 0 Å². The van der Waals surface area contributed by atoms with Gasteiger partial charge in [-0.2, -0.15) is 0 Å². The second kappa shape index (κ2) is 8.89. The van der Waals surface area contributed by atoms with E-state index in [2.05, 4.69) is 32.1 Å². The van der Waals surface area contributed by atoms with E-state index in [0.29, 0.717) is 11.0 Å². The average molecular weight is 487 g/mol. The molecule has 0 aliphatic carbocycles. The van der Waals surface area contributed by atoms with Gasteiger partial charge in [0, 0.05) is 16.2 Å². The van der Waals surface area contributed by atoms with Gasteiger partial charge in [-0.1, -0.05) is 45.9 Å². The van der Waals surface area contributed by atoms with Crippen LogP contribution in [0.4, 0.5) is 11.4 Å². The van der Waals surface area contributed by atoms with Crippen molar-refractivity contribution >= 4 is 56.0 Å². The van der Waals surface area contributed by atoms with E-state index in [1.807, 2.05) is 67.3 Å². The van der Waals surface area contributed by atoms with Crippen molar-refractivity contribution in [2.24, 2.45) is 10.9 Å². The fourth-order valence-corrected chi connectivity index (χ4v) is 4.72. The standard InChI is InChI=1S/C21H23BrN6OS/c1-12-5-3-4-6-16(12)28-19(23)18-13(2)26-27-20(18)25-21(28)30-11-17(29)24-15-9-7-14(22)8-10-15/h3-10,13,18,20,23,26-27H,11H2,1-2H3,(H,24,29). The highest BCUT2D eigenvalue weighted by molar-refractivity contribution is 9.10. The first-order valence-corrected chi connectivity index (χ1v) is 11.4. The van der Waals surface area contributed by atoms with Crippen molar-refractivity contribution < 1.29 is 4.79 Å². The molecule has 2 heterocycles. The molecule has 0 spiro atoms. The number of carbonyl (C=O) groups excluding carboxylic acids is 1. The number of hydrogen-bond acceptors (Lipinski definition) is 6. The van der Waals surface area contributed by atoms with E-state index in [1.54, 1.807) is 0 Å². The molecule has 0 saturated carbocycles. The highest BCUT2D eigenvalue weighted by atomic mass is 79.9. The SMILES string of the molecule is Cc1ccccc1N1C(=N)C2C(C)NNC2N=C1SCC(=O)Nc1ccc(Br)cc1. The van der Waals surface area contributed by atoms with E-state index < -0.39 is 0 Å². The van der Waals surface area contributed by atoms with Crippen molar-refractivity contribution in [2.45, 2.75) is 26.1 Å². The Balaban J connectivity index is 1.55. The second-order valence-corrected chi connectivity index (χ2v) is 9.17. The van der Waals surface area contributed by atoms with Crippen LogP contribution >= 0.6 is 27.7 Å². The third-order valence-electron chi connectivity index (χ3n) is 5.15. The molecule has 7 nitrogen and oxygen atoms in total. The molecule has 4 rings (SSSR count). The maximum atomic E-state index is 12.5. The number of hydrogen-bond donors (Lipinski definition) is 4. The zero-order chi connectivity index (χ0) is 21.3. The maximum absolute atomic E-state index is 12.5. The minimum Gasteiger partial charge on any atom is -0.325 e. The number of nitrogens with one attached hydrogen (secondary N) is 4. The van der Waals surface area contributed by atoms with Crippen molar-refractivity contribution in [3.63, 3.8) is 0 Å². The van der Waals surface area contributed by atoms with Gasteiger partial charge in [0.25, 0.3) is 0 Å². The Hall–Kier alpha value is -2.20. The van der Waals surface area contributed by atoms with Crippen LogP contribution < -0.4 is 21.1 Å². The van der Waals surface area contributed by atoms with Crippen LogP contribution in [-0.4, -0.2) is 34.9 Å². The van der Waals surface area contributed by atoms with E-state index in [0.717, 1.165) is 21.4 Å². The first-order chi connectivity index (χ1) is 14.4. The first kappa shape index (κ1) is 21.0. The summed E-state index contributed by atoms with van der Waals surface area (Å²) in [5.74, 6) is 0.482. The molecule has 2 aliphatic rings. The number of amidine groups is 2. The van der Waals surface area contributed by atoms with Gasteiger partial charge in [0.2, 0.25) is 5.91 Å². The monoisotopic (exact) mass is 486 g/mol. The molecule has 3 unspecified atom stereocenters. The molecule has 1 amide bonds. The topological polar surface area (TPSA) is 92.6 Å². The minimum absolute atomic E-state index is 0.0782. The molecule has 4 N–H and O–H groups in total. The van der Waals surface area contributed by atoms with Crippen LogP contribution in [-0.2, 0) is 4.79 Å². The summed E-state index contributed by atoms with van der Waals surface area (Å²) in [5.41, 5.74) is 9.06. The first-order valence-electron chi connectivity index (χ1n) is 9.65. The summed E-state index contributed by atoms with van der Waals surface area (Å²) < 4.78 is 0.959. The van der Waals surface area contributed by atoms with E-state index in [-0.39, 0.29) is 29.8 Å². The molecule has 2 aromatic rings. The number of carbonyl (C=O) groups is 1. The van der Waals surface area contributed by atoms with Gasteiger partial charge in [0.15, 0.2) is 5.17 Å². The van der Waals surface area contributed by atoms with E-state index in [9.17, 15) is 4.79 Å². The van der Waals surface area contributed by atoms with Gasteiger partial charge in [-0.3, -0.25) is 20.5 Å². The van der Waals surface area contributed by atoms with Crippen molar-refractivity contribution in [2.75, 3.05) is 16.0 Å². The number of nitrogens with zero attached hydrogens (tertiary/aromatic N) is 2. The lowest BCUT2D eigenvalue weighted by Crippen LogP contribution is -2.50. The summed E-state index contributed by atoms with van der Waals surface area (Å²) in [7, 11) is 0. The molecule has 2 aromatic carbocycles. The predicted octanol–water partition coefficient (Wildman–Crippen LogP) is 3.72. The van der Waals surface area contributed by atoms with Gasteiger partial charge < -0.3 is 5.32 Å². The van der Waals surface area contributed by atoms with Crippen molar-refractivity contribution in [3.8, 4) is 0 Å². The molecule has 0 radical (unpaired) electrons. The molecular formula is C21H23BrN6OS. The summed E-state index contributed by atoms with van der Waals surface area (Å²) in [5, 5.41) is 12.4. The Morgan fingerprint density at radius 2 is 1.97 bits per heavy atom. The van der Waals surface area contributed by atoms with Crippen LogP contribution in [0.3, 0.4) is 0 Å². The molecule has 1 saturated heterocycles. The van der Waals surface area contributed by atoms with Crippen molar-refractivity contribution in [3.05, 3.63) is 58.6 Å². The number of anilines is 2. The Morgan fingerprint density at radius 3 is 2.70 bits per heavy atom. The minimum atomic E-state index is -0.218. The maximum Gasteiger partial charge on any atom is 0.234 e. The fraction of sp³-hybridized carbons (Fsp3) is 0.286. The molecule has 9 heteroatoms. The number of para-hydroxylation sites is 1. The van der Waals surface area contributed by atoms with Gasteiger partial charge in [-0.15, -0.1) is 0 Å². The highest BCUT2D eigenvalue weighted by Crippen LogP contribution is 2.33. The predicted molar refractivity (Wildman–Crippen MR) is 127 cm³/mol. The molecule has 0 bridgehead atoms. The van der Waals surface area contributed by atoms with Gasteiger partial charge in [-0.05, 0) is 49.7 Å². The molecular weight excluding hydrogens is 464 g/mol. The lowest BCUT2D eigenvalue weighted by Gasteiger charge is -2.36. The number of benzene rings is 2. The Morgan fingerprint density at radius 1 is 1.23 bits per heavy atom. The highest BCUT2D eigenvalue weighted by Gasteiger charge is 2.44. The smallest absolute Gasteiger partial charge is 0.234 e. The molecule has 3 atom stereocenters. The van der Waals surface area contributed by atoms with Gasteiger partial charge in [-0.25, -0.2) is 10.4 Å². The second-order valence-electron chi connectivity index (χ2n) is 7.31. The number of fused-ring (bicyclic) bond motifs is 1. The number of halogens is 1. The average Bonchev–Trinajstić information content (AvgIpc) is 3.10. The molecule has 156 valence electrons. The van der Waals surface area contributed by atoms with Crippen molar-refractivity contribution in [1.82, 2.24) is 10.9 Å². The molecule has 2 aliphatic heterocycles. The van der Waals surface area contributed by atoms with E-state index in [4.69, 9.17) is 10.4 Å². The number of aliphatic imine (C=N–C) groups is 1. The summed E-state index contributed by atoms with van der Waals surface area (Å²) in [4.78, 5) is 19.2. The Kier molecular flexibility index (Phi) is 6.24. The van der Waals surface area contributed by atoms with Gasteiger partial charge >= 0.3 is 0 Å². The Bertz CT molecular complexity index is 995. The van der Waals surface area contributed by atoms with Crippen LogP contribution in [0.1, 0.15) is 12.5 Å². The van der Waals surface area contributed by atoms with Crippen LogP contribution in [0, 0.1) is 18.3 Å². The Labute approximate surface area is 188 Å². The third kappa shape index (κ3) is 4.29. The quantitative estimate of drug-likeness (QED) is 0.528. The zero-order valence-corrected chi connectivity index (χ0v) is 19.0. The van der Waals surface area contributed by atoms with Gasteiger partial charge in [0.1, 0.15) is 12.0 Å². The van der Waals surface area contributed by atoms with Gasteiger partial charge in [0.05, 0.1) is 17.4 Å². The van der Waals surface area contributed by atoms with Crippen LogP contribution in [0.5, 0.6) is 0 Å². The molecule has 0 aromatic heterocycles. The molecule has 1 fully saturated rings. The number of thioether (sulfide) groups is 1. The summed E-state index contributed by atoms with van der Waals surface area (Å²) in [6.45, 7) is 4.06. The van der Waals surface area contributed by atoms with Crippen LogP contribution in [0.2, 0.25) is 0 Å². The number of hydrazine groups is 1. The number of aryl methyl sites for hydroxylation is 1. The summed E-state index contributed by atoms with van der Waals surface area (Å²) >= 11 is 4.73. The number of amides is 1. The lowest BCUT2D eigenvalue weighted by molar-refractivity contribution is -0.113. The number of rotatable bonds is 4. The normalized spacial score (nSPS) is 23.2. The van der Waals surface area contributed by atoms with Crippen LogP contribution in [0.15, 0.2) is 58.0 Å². The largest absolute Gasteiger partial charge is 0.325 e. The molecule has 30 heavy (non-hydrogen) atoms. The fourth-order valence-electron chi connectivity index (χ4n) is 3.61. The van der Waals surface area contributed by atoms with E-state index >= 15 is 0 Å². The van der Waals surface area contributed by atoms with E-state index in [1.165, 1.54) is 11.8 Å². The summed E-state index contributed by atoms with van der Waals surface area (Å²) in [6, 6.07) is 15.5. The zero-order valence-electron chi connectivity index (χ0n) is 16.6.